The lowest BCUT2D eigenvalue weighted by Crippen LogP contribution is -2.34. The van der Waals surface area contributed by atoms with Crippen LogP contribution in [0.5, 0.6) is 0 Å². The fourth-order valence-corrected chi connectivity index (χ4v) is 3.56. The molecular formula is C13H21NO2. The smallest absolute Gasteiger partial charge is 0.225 e. The molecule has 1 N–H and O–H groups in total. The SMILES string of the molecule is CC(O)C1CCN(C(=O)C2CC3CC3C2)C1. The second-order valence-corrected chi connectivity index (χ2v) is 6.00. The molecule has 0 bridgehead atoms. The summed E-state index contributed by atoms with van der Waals surface area (Å²) in [6, 6.07) is 0. The van der Waals surface area contributed by atoms with Gasteiger partial charge in [0, 0.05) is 24.9 Å². The maximum absolute atomic E-state index is 12.2. The summed E-state index contributed by atoms with van der Waals surface area (Å²) in [7, 11) is 0. The molecule has 4 unspecified atom stereocenters. The van der Waals surface area contributed by atoms with E-state index in [9.17, 15) is 9.90 Å². The van der Waals surface area contributed by atoms with E-state index in [1.54, 1.807) is 0 Å². The Hall–Kier alpha value is -0.570. The van der Waals surface area contributed by atoms with Crippen LogP contribution in [0.2, 0.25) is 0 Å². The summed E-state index contributed by atoms with van der Waals surface area (Å²) in [5.74, 6) is 2.75. The minimum Gasteiger partial charge on any atom is -0.393 e. The number of carbonyl (C=O) groups excluding carboxylic acids is 1. The second kappa shape index (κ2) is 3.73. The van der Waals surface area contributed by atoms with Gasteiger partial charge in [0.1, 0.15) is 0 Å². The normalized spacial score (nSPS) is 43.2. The largest absolute Gasteiger partial charge is 0.393 e. The van der Waals surface area contributed by atoms with Gasteiger partial charge in [0.2, 0.25) is 5.91 Å². The first-order valence-corrected chi connectivity index (χ1v) is 6.62. The monoisotopic (exact) mass is 223 g/mol. The van der Waals surface area contributed by atoms with Gasteiger partial charge >= 0.3 is 0 Å². The van der Waals surface area contributed by atoms with Crippen molar-refractivity contribution in [2.45, 2.75) is 38.7 Å². The maximum Gasteiger partial charge on any atom is 0.225 e. The Morgan fingerprint density at radius 1 is 1.31 bits per heavy atom. The predicted octanol–water partition coefficient (Wildman–Crippen LogP) is 1.26. The van der Waals surface area contributed by atoms with Crippen molar-refractivity contribution in [1.82, 2.24) is 4.90 Å². The average molecular weight is 223 g/mol. The first kappa shape index (κ1) is 10.6. The summed E-state index contributed by atoms with van der Waals surface area (Å²) in [5.41, 5.74) is 0. The third kappa shape index (κ3) is 1.75. The van der Waals surface area contributed by atoms with Gasteiger partial charge < -0.3 is 10.0 Å². The minimum atomic E-state index is -0.269. The Labute approximate surface area is 96.8 Å². The number of fused-ring (bicyclic) bond motifs is 1. The van der Waals surface area contributed by atoms with Gasteiger partial charge in [-0.05, 0) is 44.4 Å². The fourth-order valence-electron chi connectivity index (χ4n) is 3.56. The molecule has 1 saturated heterocycles. The number of nitrogens with zero attached hydrogens (tertiary/aromatic N) is 1. The molecule has 3 nitrogen and oxygen atoms in total. The average Bonchev–Trinajstić information content (AvgIpc) is 2.72. The number of carbonyl (C=O) groups is 1. The summed E-state index contributed by atoms with van der Waals surface area (Å²) >= 11 is 0. The van der Waals surface area contributed by atoms with Gasteiger partial charge in [-0.3, -0.25) is 4.79 Å². The van der Waals surface area contributed by atoms with Crippen molar-refractivity contribution in [3.05, 3.63) is 0 Å². The molecule has 3 rings (SSSR count). The van der Waals surface area contributed by atoms with Gasteiger partial charge in [-0.2, -0.15) is 0 Å². The lowest BCUT2D eigenvalue weighted by atomic mass is 10.0. The first-order chi connectivity index (χ1) is 7.65. The molecular weight excluding hydrogens is 202 g/mol. The Bertz CT molecular complexity index is 292. The molecule has 1 aliphatic heterocycles. The zero-order chi connectivity index (χ0) is 11.3. The van der Waals surface area contributed by atoms with E-state index >= 15 is 0 Å². The van der Waals surface area contributed by atoms with Crippen LogP contribution in [0.25, 0.3) is 0 Å². The van der Waals surface area contributed by atoms with Gasteiger partial charge in [-0.1, -0.05) is 0 Å². The topological polar surface area (TPSA) is 40.5 Å². The van der Waals surface area contributed by atoms with Crippen LogP contribution in [0.15, 0.2) is 0 Å². The maximum atomic E-state index is 12.2. The van der Waals surface area contributed by atoms with E-state index in [2.05, 4.69) is 0 Å². The van der Waals surface area contributed by atoms with Crippen LogP contribution < -0.4 is 0 Å². The quantitative estimate of drug-likeness (QED) is 0.765. The number of hydrogen-bond donors (Lipinski definition) is 1. The van der Waals surface area contributed by atoms with Crippen LogP contribution in [0, 0.1) is 23.7 Å². The van der Waals surface area contributed by atoms with Gasteiger partial charge in [-0.15, -0.1) is 0 Å². The highest BCUT2D eigenvalue weighted by Gasteiger charge is 2.49. The Morgan fingerprint density at radius 2 is 2.00 bits per heavy atom. The van der Waals surface area contributed by atoms with Gasteiger partial charge in [0.05, 0.1) is 6.10 Å². The van der Waals surface area contributed by atoms with Gasteiger partial charge in [-0.25, -0.2) is 0 Å². The Morgan fingerprint density at radius 3 is 2.56 bits per heavy atom. The number of amides is 1. The molecule has 0 aromatic carbocycles. The summed E-state index contributed by atoms with van der Waals surface area (Å²) in [6.07, 6.45) is 4.36. The number of aliphatic hydroxyl groups excluding tert-OH is 1. The lowest BCUT2D eigenvalue weighted by Gasteiger charge is -2.22. The van der Waals surface area contributed by atoms with Crippen molar-refractivity contribution in [3.8, 4) is 0 Å². The van der Waals surface area contributed by atoms with Crippen LogP contribution in [-0.4, -0.2) is 35.1 Å². The van der Waals surface area contributed by atoms with Crippen molar-refractivity contribution in [2.75, 3.05) is 13.1 Å². The highest BCUT2D eigenvalue weighted by molar-refractivity contribution is 5.79. The van der Waals surface area contributed by atoms with E-state index in [1.807, 2.05) is 11.8 Å². The minimum absolute atomic E-state index is 0.269. The molecule has 16 heavy (non-hydrogen) atoms. The first-order valence-electron chi connectivity index (χ1n) is 6.62. The zero-order valence-corrected chi connectivity index (χ0v) is 9.93. The van der Waals surface area contributed by atoms with Crippen LogP contribution in [0.3, 0.4) is 0 Å². The summed E-state index contributed by atoms with van der Waals surface area (Å²) < 4.78 is 0. The number of hydrogen-bond acceptors (Lipinski definition) is 2. The van der Waals surface area contributed by atoms with Crippen LogP contribution in [0.1, 0.15) is 32.6 Å². The van der Waals surface area contributed by atoms with E-state index in [0.29, 0.717) is 17.7 Å². The molecule has 2 saturated carbocycles. The Balaban J connectivity index is 1.55. The summed E-state index contributed by atoms with van der Waals surface area (Å²) in [4.78, 5) is 14.2. The molecule has 90 valence electrons. The highest BCUT2D eigenvalue weighted by Crippen LogP contribution is 2.54. The van der Waals surface area contributed by atoms with Crippen molar-refractivity contribution in [1.29, 1.82) is 0 Å². The fraction of sp³-hybridized carbons (Fsp3) is 0.923. The van der Waals surface area contributed by atoms with Crippen LogP contribution >= 0.6 is 0 Å². The third-order valence-corrected chi connectivity index (χ3v) is 4.81. The van der Waals surface area contributed by atoms with Gasteiger partial charge in [0.25, 0.3) is 0 Å². The molecule has 2 aliphatic carbocycles. The van der Waals surface area contributed by atoms with Crippen molar-refractivity contribution in [3.63, 3.8) is 0 Å². The number of rotatable bonds is 2. The molecule has 3 fully saturated rings. The third-order valence-electron chi connectivity index (χ3n) is 4.81. The molecule has 1 heterocycles. The summed E-state index contributed by atoms with van der Waals surface area (Å²) in [6.45, 7) is 3.48. The lowest BCUT2D eigenvalue weighted by molar-refractivity contribution is -0.134. The van der Waals surface area contributed by atoms with Crippen LogP contribution in [-0.2, 0) is 4.79 Å². The molecule has 3 heteroatoms. The van der Waals surface area contributed by atoms with E-state index in [0.717, 1.165) is 44.2 Å². The summed E-state index contributed by atoms with van der Waals surface area (Å²) in [5, 5.41) is 9.53. The number of aliphatic hydroxyl groups is 1. The predicted molar refractivity (Wildman–Crippen MR) is 60.7 cm³/mol. The molecule has 3 aliphatic rings. The van der Waals surface area contributed by atoms with Crippen LogP contribution in [0.4, 0.5) is 0 Å². The van der Waals surface area contributed by atoms with E-state index < -0.39 is 0 Å². The molecule has 1 amide bonds. The van der Waals surface area contributed by atoms with E-state index in [1.165, 1.54) is 6.42 Å². The molecule has 0 aromatic rings. The van der Waals surface area contributed by atoms with E-state index in [-0.39, 0.29) is 6.10 Å². The van der Waals surface area contributed by atoms with Crippen molar-refractivity contribution in [2.24, 2.45) is 23.7 Å². The zero-order valence-electron chi connectivity index (χ0n) is 9.93. The van der Waals surface area contributed by atoms with Crippen molar-refractivity contribution < 1.29 is 9.90 Å². The second-order valence-electron chi connectivity index (χ2n) is 6.00. The standard InChI is InChI=1S/C13H21NO2/c1-8(15)9-2-3-14(7-9)13(16)12-5-10-4-11(10)6-12/h8-12,15H,2-7H2,1H3. The molecule has 4 atom stereocenters. The van der Waals surface area contributed by atoms with Crippen molar-refractivity contribution >= 4 is 5.91 Å². The van der Waals surface area contributed by atoms with Gasteiger partial charge in [0.15, 0.2) is 0 Å². The molecule has 0 spiro atoms. The molecule has 0 aromatic heterocycles. The Kier molecular flexibility index (Phi) is 2.46. The molecule has 0 radical (unpaired) electrons. The number of likely N-dealkylation sites (tertiary alicyclic amines) is 1. The van der Waals surface area contributed by atoms with E-state index in [4.69, 9.17) is 0 Å². The highest BCUT2D eigenvalue weighted by atomic mass is 16.3.